The van der Waals surface area contributed by atoms with Crippen molar-refractivity contribution in [1.82, 2.24) is 20.1 Å². The second-order valence-corrected chi connectivity index (χ2v) is 7.28. The van der Waals surface area contributed by atoms with Crippen molar-refractivity contribution in [3.8, 4) is 6.07 Å². The molecule has 0 aliphatic heterocycles. The van der Waals surface area contributed by atoms with Crippen molar-refractivity contribution in [3.63, 3.8) is 0 Å². The molecule has 1 aliphatic rings. The topological polar surface area (TPSA) is 83.6 Å². The van der Waals surface area contributed by atoms with Crippen molar-refractivity contribution < 1.29 is 4.79 Å². The van der Waals surface area contributed by atoms with Crippen LogP contribution in [0.5, 0.6) is 0 Å². The molecule has 1 fully saturated rings. The molecule has 6 nitrogen and oxygen atoms in total. The number of amides is 1. The normalized spacial score (nSPS) is 13.7. The Balaban J connectivity index is 1.63. The standard InChI is InChI=1S/C21H21N5O/c1-13(2)26-20-18(12-24-26)17(9-19(25-20)16-7-8-16)21(27)23-11-15-5-3-14(10-22)4-6-15/h3-6,9,12-13,16H,7-8,11H2,1-2H3,(H,23,27). The van der Waals surface area contributed by atoms with E-state index in [1.807, 2.05) is 22.9 Å². The van der Waals surface area contributed by atoms with Crippen LogP contribution in [0.2, 0.25) is 0 Å². The van der Waals surface area contributed by atoms with Gasteiger partial charge in [-0.25, -0.2) is 9.67 Å². The van der Waals surface area contributed by atoms with Crippen LogP contribution >= 0.6 is 0 Å². The molecule has 6 heteroatoms. The first kappa shape index (κ1) is 17.2. The highest BCUT2D eigenvalue weighted by Crippen LogP contribution is 2.40. The quantitative estimate of drug-likeness (QED) is 0.753. The molecule has 0 bridgehead atoms. The lowest BCUT2D eigenvalue weighted by Crippen LogP contribution is -2.23. The van der Waals surface area contributed by atoms with Gasteiger partial charge in [0.25, 0.3) is 5.91 Å². The van der Waals surface area contributed by atoms with Gasteiger partial charge < -0.3 is 5.32 Å². The van der Waals surface area contributed by atoms with Gasteiger partial charge in [-0.05, 0) is 50.5 Å². The van der Waals surface area contributed by atoms with E-state index in [9.17, 15) is 4.79 Å². The molecular formula is C21H21N5O. The molecule has 1 amide bonds. The lowest BCUT2D eigenvalue weighted by atomic mass is 10.1. The average Bonchev–Trinajstić information content (AvgIpc) is 3.44. The Morgan fingerprint density at radius 1 is 1.33 bits per heavy atom. The fourth-order valence-corrected chi connectivity index (χ4v) is 3.17. The van der Waals surface area contributed by atoms with Crippen molar-refractivity contribution in [2.75, 3.05) is 0 Å². The highest BCUT2D eigenvalue weighted by molar-refractivity contribution is 6.05. The summed E-state index contributed by atoms with van der Waals surface area (Å²) in [7, 11) is 0. The number of carbonyl (C=O) groups is 1. The van der Waals surface area contributed by atoms with E-state index in [0.717, 1.165) is 35.1 Å². The molecule has 0 unspecified atom stereocenters. The number of rotatable bonds is 5. The fourth-order valence-electron chi connectivity index (χ4n) is 3.17. The first-order valence-corrected chi connectivity index (χ1v) is 9.22. The Bertz CT molecular complexity index is 1040. The number of benzene rings is 1. The average molecular weight is 359 g/mol. The number of hydrogen-bond acceptors (Lipinski definition) is 4. The predicted molar refractivity (Wildman–Crippen MR) is 102 cm³/mol. The van der Waals surface area contributed by atoms with E-state index in [1.165, 1.54) is 0 Å². The van der Waals surface area contributed by atoms with E-state index in [-0.39, 0.29) is 11.9 Å². The van der Waals surface area contributed by atoms with E-state index in [2.05, 4.69) is 30.3 Å². The molecule has 1 aromatic carbocycles. The minimum absolute atomic E-state index is 0.128. The van der Waals surface area contributed by atoms with Crippen LogP contribution in [-0.4, -0.2) is 20.7 Å². The molecule has 136 valence electrons. The van der Waals surface area contributed by atoms with Crippen LogP contribution in [0.25, 0.3) is 11.0 Å². The van der Waals surface area contributed by atoms with Gasteiger partial charge in [0.05, 0.1) is 28.8 Å². The molecule has 4 rings (SSSR count). The summed E-state index contributed by atoms with van der Waals surface area (Å²) in [4.78, 5) is 17.7. The lowest BCUT2D eigenvalue weighted by Gasteiger charge is -2.11. The van der Waals surface area contributed by atoms with Gasteiger partial charge in [0, 0.05) is 24.2 Å². The SMILES string of the molecule is CC(C)n1ncc2c(C(=O)NCc3ccc(C#N)cc3)cc(C3CC3)nc21. The molecule has 2 aromatic heterocycles. The van der Waals surface area contributed by atoms with Crippen molar-refractivity contribution in [2.24, 2.45) is 0 Å². The van der Waals surface area contributed by atoms with Crippen molar-refractivity contribution in [1.29, 1.82) is 5.26 Å². The Hall–Kier alpha value is -3.20. The summed E-state index contributed by atoms with van der Waals surface area (Å²) in [6.45, 7) is 4.52. The van der Waals surface area contributed by atoms with Crippen molar-refractivity contribution >= 4 is 16.9 Å². The maximum atomic E-state index is 12.9. The fraction of sp³-hybridized carbons (Fsp3) is 0.333. The molecule has 0 atom stereocenters. The van der Waals surface area contributed by atoms with Crippen LogP contribution in [0.3, 0.4) is 0 Å². The number of nitriles is 1. The molecule has 1 aliphatic carbocycles. The molecular weight excluding hydrogens is 338 g/mol. The van der Waals surface area contributed by atoms with E-state index in [4.69, 9.17) is 10.2 Å². The highest BCUT2D eigenvalue weighted by Gasteiger charge is 2.28. The van der Waals surface area contributed by atoms with Gasteiger partial charge in [-0.2, -0.15) is 10.4 Å². The van der Waals surface area contributed by atoms with Crippen LogP contribution in [0.4, 0.5) is 0 Å². The molecule has 0 spiro atoms. The predicted octanol–water partition coefficient (Wildman–Crippen LogP) is 3.69. The summed E-state index contributed by atoms with van der Waals surface area (Å²) in [5, 5.41) is 17.1. The Morgan fingerprint density at radius 3 is 2.70 bits per heavy atom. The zero-order valence-electron chi connectivity index (χ0n) is 15.4. The van der Waals surface area contributed by atoms with Crippen LogP contribution < -0.4 is 5.32 Å². The molecule has 0 radical (unpaired) electrons. The smallest absolute Gasteiger partial charge is 0.252 e. The minimum atomic E-state index is -0.128. The highest BCUT2D eigenvalue weighted by atomic mass is 16.1. The second kappa shape index (κ2) is 6.84. The maximum absolute atomic E-state index is 12.9. The van der Waals surface area contributed by atoms with E-state index < -0.39 is 0 Å². The van der Waals surface area contributed by atoms with Gasteiger partial charge in [-0.1, -0.05) is 12.1 Å². The van der Waals surface area contributed by atoms with Gasteiger partial charge in [0.2, 0.25) is 0 Å². The van der Waals surface area contributed by atoms with E-state index in [0.29, 0.717) is 23.6 Å². The van der Waals surface area contributed by atoms with Gasteiger partial charge in [-0.15, -0.1) is 0 Å². The molecule has 2 heterocycles. The lowest BCUT2D eigenvalue weighted by molar-refractivity contribution is 0.0952. The van der Waals surface area contributed by atoms with Crippen LogP contribution in [-0.2, 0) is 6.54 Å². The molecule has 1 N–H and O–H groups in total. The summed E-state index contributed by atoms with van der Waals surface area (Å²) in [5.74, 6) is 0.326. The number of pyridine rings is 1. The molecule has 27 heavy (non-hydrogen) atoms. The number of nitrogens with one attached hydrogen (secondary N) is 1. The number of carbonyl (C=O) groups excluding carboxylic acids is 1. The third-order valence-corrected chi connectivity index (χ3v) is 4.85. The first-order valence-electron chi connectivity index (χ1n) is 9.22. The summed E-state index contributed by atoms with van der Waals surface area (Å²) in [5.41, 5.74) is 3.94. The van der Waals surface area contributed by atoms with Gasteiger partial charge in [0.15, 0.2) is 5.65 Å². The van der Waals surface area contributed by atoms with E-state index >= 15 is 0 Å². The van der Waals surface area contributed by atoms with E-state index in [1.54, 1.807) is 18.3 Å². The van der Waals surface area contributed by atoms with Crippen molar-refractivity contribution in [3.05, 3.63) is 58.9 Å². The summed E-state index contributed by atoms with van der Waals surface area (Å²) in [6.07, 6.45) is 3.98. The van der Waals surface area contributed by atoms with Crippen LogP contribution in [0.1, 0.15) is 65.8 Å². The molecule has 0 saturated heterocycles. The summed E-state index contributed by atoms with van der Waals surface area (Å²) >= 11 is 0. The third kappa shape index (κ3) is 3.41. The van der Waals surface area contributed by atoms with Gasteiger partial charge >= 0.3 is 0 Å². The first-order chi connectivity index (χ1) is 13.1. The van der Waals surface area contributed by atoms with Gasteiger partial charge in [0.1, 0.15) is 0 Å². The van der Waals surface area contributed by atoms with Crippen LogP contribution in [0, 0.1) is 11.3 Å². The van der Waals surface area contributed by atoms with Crippen molar-refractivity contribution in [2.45, 2.75) is 45.2 Å². The molecule has 1 saturated carbocycles. The monoisotopic (exact) mass is 359 g/mol. The number of fused-ring (bicyclic) bond motifs is 1. The van der Waals surface area contributed by atoms with Crippen LogP contribution in [0.15, 0.2) is 36.5 Å². The maximum Gasteiger partial charge on any atom is 0.252 e. The zero-order chi connectivity index (χ0) is 19.0. The third-order valence-electron chi connectivity index (χ3n) is 4.85. The Kier molecular flexibility index (Phi) is 4.36. The Morgan fingerprint density at radius 2 is 2.07 bits per heavy atom. The number of hydrogen-bond donors (Lipinski definition) is 1. The largest absolute Gasteiger partial charge is 0.348 e. The Labute approximate surface area is 157 Å². The number of nitrogens with zero attached hydrogens (tertiary/aromatic N) is 4. The van der Waals surface area contributed by atoms with Gasteiger partial charge in [-0.3, -0.25) is 4.79 Å². The number of aromatic nitrogens is 3. The molecule has 3 aromatic rings. The summed E-state index contributed by atoms with van der Waals surface area (Å²) < 4.78 is 1.87. The minimum Gasteiger partial charge on any atom is -0.348 e. The zero-order valence-corrected chi connectivity index (χ0v) is 15.4. The second-order valence-electron chi connectivity index (χ2n) is 7.28. The summed E-state index contributed by atoms with van der Waals surface area (Å²) in [6, 6.07) is 11.4.